The number of aryl methyl sites for hydroxylation is 2. The molecule has 3 heteroatoms. The lowest BCUT2D eigenvalue weighted by atomic mass is 10.1. The van der Waals surface area contributed by atoms with E-state index in [2.05, 4.69) is 11.3 Å². The van der Waals surface area contributed by atoms with Crippen LogP contribution in [-0.4, -0.2) is 15.3 Å². The third-order valence-electron chi connectivity index (χ3n) is 2.56. The molecule has 2 N–H and O–H groups in total. The van der Waals surface area contributed by atoms with E-state index in [-0.39, 0.29) is 5.54 Å². The summed E-state index contributed by atoms with van der Waals surface area (Å²) in [5.74, 6) is 0. The monoisotopic (exact) mass is 165 g/mol. The van der Waals surface area contributed by atoms with Gasteiger partial charge in [-0.1, -0.05) is 0 Å². The molecule has 0 radical (unpaired) electrons. The van der Waals surface area contributed by atoms with E-state index in [1.165, 1.54) is 18.4 Å². The first-order chi connectivity index (χ1) is 5.68. The van der Waals surface area contributed by atoms with E-state index in [4.69, 9.17) is 5.73 Å². The van der Waals surface area contributed by atoms with Gasteiger partial charge in [0.05, 0.1) is 6.20 Å². The van der Waals surface area contributed by atoms with Crippen molar-refractivity contribution < 1.29 is 0 Å². The van der Waals surface area contributed by atoms with Crippen molar-refractivity contribution in [2.24, 2.45) is 12.8 Å². The van der Waals surface area contributed by atoms with Crippen molar-refractivity contribution in [3.05, 3.63) is 18.0 Å². The van der Waals surface area contributed by atoms with E-state index in [9.17, 15) is 0 Å². The zero-order valence-corrected chi connectivity index (χ0v) is 7.45. The maximum atomic E-state index is 5.97. The van der Waals surface area contributed by atoms with Crippen molar-refractivity contribution in [2.45, 2.75) is 31.2 Å². The highest BCUT2D eigenvalue weighted by Gasteiger charge is 2.37. The summed E-state index contributed by atoms with van der Waals surface area (Å²) < 4.78 is 1.84. The van der Waals surface area contributed by atoms with Crippen LogP contribution in [0.4, 0.5) is 0 Å². The van der Waals surface area contributed by atoms with E-state index in [1.54, 1.807) is 0 Å². The second-order valence-corrected chi connectivity index (χ2v) is 3.88. The Morgan fingerprint density at radius 2 is 2.42 bits per heavy atom. The van der Waals surface area contributed by atoms with Gasteiger partial charge in [0, 0.05) is 18.8 Å². The molecule has 1 saturated carbocycles. The van der Waals surface area contributed by atoms with Crippen LogP contribution in [0.25, 0.3) is 0 Å². The Kier molecular flexibility index (Phi) is 1.68. The first kappa shape index (κ1) is 7.80. The van der Waals surface area contributed by atoms with E-state index in [1.807, 2.05) is 17.9 Å². The Bertz CT molecular complexity index is 273. The van der Waals surface area contributed by atoms with E-state index >= 15 is 0 Å². The van der Waals surface area contributed by atoms with Gasteiger partial charge in [0.25, 0.3) is 0 Å². The van der Waals surface area contributed by atoms with Crippen molar-refractivity contribution in [1.29, 1.82) is 0 Å². The molecule has 0 aromatic carbocycles. The standard InChI is InChI=1S/C9H15N3/c1-12-7-8(6-11-12)2-3-9(10)4-5-9/h6-7H,2-5,10H2,1H3. The lowest BCUT2D eigenvalue weighted by Crippen LogP contribution is -2.21. The molecule has 1 heterocycles. The maximum absolute atomic E-state index is 5.97. The van der Waals surface area contributed by atoms with Crippen molar-refractivity contribution in [3.8, 4) is 0 Å². The summed E-state index contributed by atoms with van der Waals surface area (Å²) in [4.78, 5) is 0. The van der Waals surface area contributed by atoms with Gasteiger partial charge in [-0.3, -0.25) is 4.68 Å². The summed E-state index contributed by atoms with van der Waals surface area (Å²) >= 11 is 0. The van der Waals surface area contributed by atoms with Gasteiger partial charge < -0.3 is 5.73 Å². The van der Waals surface area contributed by atoms with Crippen LogP contribution in [0.5, 0.6) is 0 Å². The molecule has 0 amide bonds. The minimum atomic E-state index is 0.176. The molecule has 0 unspecified atom stereocenters. The number of nitrogens with two attached hydrogens (primary N) is 1. The van der Waals surface area contributed by atoms with Gasteiger partial charge in [0.2, 0.25) is 0 Å². The molecule has 0 saturated heterocycles. The van der Waals surface area contributed by atoms with Crippen molar-refractivity contribution in [3.63, 3.8) is 0 Å². The molecular weight excluding hydrogens is 150 g/mol. The van der Waals surface area contributed by atoms with Crippen LogP contribution in [0.15, 0.2) is 12.4 Å². The summed E-state index contributed by atoms with van der Waals surface area (Å²) in [5, 5.41) is 4.11. The van der Waals surface area contributed by atoms with Crippen molar-refractivity contribution in [1.82, 2.24) is 9.78 Å². The third kappa shape index (κ3) is 1.67. The first-order valence-electron chi connectivity index (χ1n) is 4.44. The molecule has 1 aromatic rings. The number of rotatable bonds is 3. The fourth-order valence-electron chi connectivity index (χ4n) is 1.40. The normalized spacial score (nSPS) is 19.5. The van der Waals surface area contributed by atoms with Crippen LogP contribution in [0.1, 0.15) is 24.8 Å². The average molecular weight is 165 g/mol. The summed E-state index contributed by atoms with van der Waals surface area (Å²) in [5.41, 5.74) is 7.45. The van der Waals surface area contributed by atoms with Crippen LogP contribution >= 0.6 is 0 Å². The van der Waals surface area contributed by atoms with E-state index in [0.29, 0.717) is 0 Å². The fraction of sp³-hybridized carbons (Fsp3) is 0.667. The van der Waals surface area contributed by atoms with Gasteiger partial charge in [-0.05, 0) is 31.2 Å². The SMILES string of the molecule is Cn1cc(CCC2(N)CC2)cn1. The minimum Gasteiger partial charge on any atom is -0.325 e. The molecule has 12 heavy (non-hydrogen) atoms. The molecule has 66 valence electrons. The Morgan fingerprint density at radius 1 is 1.67 bits per heavy atom. The van der Waals surface area contributed by atoms with Gasteiger partial charge in [-0.25, -0.2) is 0 Å². The van der Waals surface area contributed by atoms with Crippen LogP contribution in [0.2, 0.25) is 0 Å². The highest BCUT2D eigenvalue weighted by molar-refractivity contribution is 5.08. The molecule has 3 nitrogen and oxygen atoms in total. The Balaban J connectivity index is 1.87. The Labute approximate surface area is 72.6 Å². The third-order valence-corrected chi connectivity index (χ3v) is 2.56. The molecule has 0 spiro atoms. The highest BCUT2D eigenvalue weighted by atomic mass is 15.2. The minimum absolute atomic E-state index is 0.176. The molecular formula is C9H15N3. The van der Waals surface area contributed by atoms with Gasteiger partial charge in [0.1, 0.15) is 0 Å². The highest BCUT2D eigenvalue weighted by Crippen LogP contribution is 2.36. The smallest absolute Gasteiger partial charge is 0.0521 e. The summed E-state index contributed by atoms with van der Waals surface area (Å²) in [6, 6.07) is 0. The van der Waals surface area contributed by atoms with Crippen LogP contribution in [0.3, 0.4) is 0 Å². The molecule has 2 rings (SSSR count). The van der Waals surface area contributed by atoms with Gasteiger partial charge in [0.15, 0.2) is 0 Å². The van der Waals surface area contributed by atoms with Gasteiger partial charge in [-0.15, -0.1) is 0 Å². The lowest BCUT2D eigenvalue weighted by molar-refractivity contribution is 0.609. The lowest BCUT2D eigenvalue weighted by Gasteiger charge is -2.05. The van der Waals surface area contributed by atoms with Crippen LogP contribution < -0.4 is 5.73 Å². The van der Waals surface area contributed by atoms with Crippen molar-refractivity contribution in [2.75, 3.05) is 0 Å². The van der Waals surface area contributed by atoms with Gasteiger partial charge >= 0.3 is 0 Å². The van der Waals surface area contributed by atoms with E-state index in [0.717, 1.165) is 12.8 Å². The molecule has 1 aromatic heterocycles. The fourth-order valence-corrected chi connectivity index (χ4v) is 1.40. The predicted molar refractivity (Wildman–Crippen MR) is 47.7 cm³/mol. The quantitative estimate of drug-likeness (QED) is 0.721. The zero-order valence-electron chi connectivity index (χ0n) is 7.45. The van der Waals surface area contributed by atoms with Crippen LogP contribution in [0, 0.1) is 0 Å². The van der Waals surface area contributed by atoms with E-state index < -0.39 is 0 Å². The topological polar surface area (TPSA) is 43.8 Å². The Morgan fingerprint density at radius 3 is 2.92 bits per heavy atom. The second kappa shape index (κ2) is 2.59. The summed E-state index contributed by atoms with van der Waals surface area (Å²) in [7, 11) is 1.94. The number of nitrogens with zero attached hydrogens (tertiary/aromatic N) is 2. The molecule has 0 aliphatic heterocycles. The van der Waals surface area contributed by atoms with Gasteiger partial charge in [-0.2, -0.15) is 5.10 Å². The first-order valence-corrected chi connectivity index (χ1v) is 4.44. The number of hydrogen-bond donors (Lipinski definition) is 1. The van der Waals surface area contributed by atoms with Crippen LogP contribution in [-0.2, 0) is 13.5 Å². The molecule has 0 atom stereocenters. The number of aromatic nitrogens is 2. The summed E-state index contributed by atoms with van der Waals surface area (Å²) in [6.07, 6.45) is 8.57. The molecule has 0 bridgehead atoms. The zero-order chi connectivity index (χ0) is 8.60. The maximum Gasteiger partial charge on any atom is 0.0521 e. The largest absolute Gasteiger partial charge is 0.325 e. The predicted octanol–water partition coefficient (Wildman–Crippen LogP) is 0.844. The molecule has 1 aliphatic rings. The van der Waals surface area contributed by atoms with Crippen molar-refractivity contribution >= 4 is 0 Å². The second-order valence-electron chi connectivity index (χ2n) is 3.88. The average Bonchev–Trinajstić information content (AvgIpc) is 2.60. The number of hydrogen-bond acceptors (Lipinski definition) is 2. The molecule has 1 fully saturated rings. The Hall–Kier alpha value is -0.830. The summed E-state index contributed by atoms with van der Waals surface area (Å²) in [6.45, 7) is 0. The molecule has 1 aliphatic carbocycles.